The summed E-state index contributed by atoms with van der Waals surface area (Å²) in [5.74, 6) is -0.0753. The van der Waals surface area contributed by atoms with Crippen molar-refractivity contribution in [3.63, 3.8) is 0 Å². The number of carbonyl (C=O) groups is 1. The number of carbonyl (C=O) groups excluding carboxylic acids is 1. The van der Waals surface area contributed by atoms with Crippen LogP contribution in [0.1, 0.15) is 16.7 Å². The Hall–Kier alpha value is -2.26. The van der Waals surface area contributed by atoms with Crippen LogP contribution in [0.25, 0.3) is 11.0 Å². The van der Waals surface area contributed by atoms with Crippen molar-refractivity contribution in [1.82, 2.24) is 0 Å². The van der Waals surface area contributed by atoms with Crippen molar-refractivity contribution in [2.45, 2.75) is 20.3 Å². The fourth-order valence-electron chi connectivity index (χ4n) is 2.46. The molecular formula is C18H16ClNO2. The van der Waals surface area contributed by atoms with Gasteiger partial charge in [0.15, 0.2) is 0 Å². The third-order valence-electron chi connectivity index (χ3n) is 3.62. The van der Waals surface area contributed by atoms with E-state index in [1.807, 2.05) is 44.2 Å². The minimum Gasteiger partial charge on any atom is -0.464 e. The van der Waals surface area contributed by atoms with Gasteiger partial charge in [-0.1, -0.05) is 23.7 Å². The zero-order valence-corrected chi connectivity index (χ0v) is 13.2. The first-order chi connectivity index (χ1) is 10.5. The maximum Gasteiger partial charge on any atom is 0.228 e. The topological polar surface area (TPSA) is 42.2 Å². The van der Waals surface area contributed by atoms with E-state index in [1.54, 1.807) is 12.3 Å². The Morgan fingerprint density at radius 3 is 2.77 bits per heavy atom. The largest absolute Gasteiger partial charge is 0.464 e. The molecule has 0 aliphatic heterocycles. The van der Waals surface area contributed by atoms with E-state index < -0.39 is 0 Å². The Morgan fingerprint density at radius 2 is 2.00 bits per heavy atom. The molecule has 1 amide bonds. The summed E-state index contributed by atoms with van der Waals surface area (Å²) in [7, 11) is 0. The number of hydrogen-bond acceptors (Lipinski definition) is 2. The summed E-state index contributed by atoms with van der Waals surface area (Å²) in [4.78, 5) is 12.2. The van der Waals surface area contributed by atoms with Gasteiger partial charge in [0.2, 0.25) is 5.91 Å². The van der Waals surface area contributed by atoms with E-state index in [1.165, 1.54) is 0 Å². The normalized spacial score (nSPS) is 10.9. The van der Waals surface area contributed by atoms with Crippen LogP contribution in [0.4, 0.5) is 5.69 Å². The van der Waals surface area contributed by atoms with Gasteiger partial charge in [-0.15, -0.1) is 0 Å². The summed E-state index contributed by atoms with van der Waals surface area (Å²) in [6.45, 7) is 3.93. The molecule has 2 aromatic carbocycles. The van der Waals surface area contributed by atoms with Crippen LogP contribution in [0.15, 0.2) is 47.1 Å². The summed E-state index contributed by atoms with van der Waals surface area (Å²) in [6, 6.07) is 11.4. The molecule has 0 saturated heterocycles. The van der Waals surface area contributed by atoms with E-state index in [2.05, 4.69) is 5.32 Å². The number of rotatable bonds is 3. The molecule has 22 heavy (non-hydrogen) atoms. The van der Waals surface area contributed by atoms with E-state index in [9.17, 15) is 4.79 Å². The minimum absolute atomic E-state index is 0.0753. The molecule has 0 unspecified atom stereocenters. The predicted octanol–water partition coefficient (Wildman–Crippen LogP) is 4.88. The number of nitrogens with one attached hydrogen (secondary N) is 1. The fourth-order valence-corrected chi connectivity index (χ4v) is 2.69. The first kappa shape index (κ1) is 14.7. The quantitative estimate of drug-likeness (QED) is 0.748. The summed E-state index contributed by atoms with van der Waals surface area (Å²) in [5, 5.41) is 4.55. The molecule has 3 rings (SSSR count). The highest BCUT2D eigenvalue weighted by atomic mass is 35.5. The predicted molar refractivity (Wildman–Crippen MR) is 89.5 cm³/mol. The molecule has 3 aromatic rings. The molecule has 0 bridgehead atoms. The van der Waals surface area contributed by atoms with Gasteiger partial charge in [-0.3, -0.25) is 4.79 Å². The van der Waals surface area contributed by atoms with Crippen molar-refractivity contribution in [2.75, 3.05) is 5.32 Å². The highest BCUT2D eigenvalue weighted by Crippen LogP contribution is 2.24. The average Bonchev–Trinajstić information content (AvgIpc) is 2.84. The number of hydrogen-bond donors (Lipinski definition) is 1. The van der Waals surface area contributed by atoms with E-state index in [-0.39, 0.29) is 12.3 Å². The van der Waals surface area contributed by atoms with Crippen LogP contribution in [0.5, 0.6) is 0 Å². The van der Waals surface area contributed by atoms with E-state index in [0.29, 0.717) is 5.02 Å². The van der Waals surface area contributed by atoms with Gasteiger partial charge in [0.05, 0.1) is 12.7 Å². The lowest BCUT2D eigenvalue weighted by molar-refractivity contribution is -0.115. The van der Waals surface area contributed by atoms with Crippen molar-refractivity contribution in [3.8, 4) is 0 Å². The SMILES string of the molecule is Cc1ccc2c(CC(=O)Nc3ccc(Cl)cc3C)coc2c1. The highest BCUT2D eigenvalue weighted by molar-refractivity contribution is 6.30. The van der Waals surface area contributed by atoms with Gasteiger partial charge in [0.25, 0.3) is 0 Å². The van der Waals surface area contributed by atoms with Gasteiger partial charge < -0.3 is 9.73 Å². The summed E-state index contributed by atoms with van der Waals surface area (Å²) in [6.07, 6.45) is 1.93. The Bertz CT molecular complexity index is 851. The lowest BCUT2D eigenvalue weighted by Crippen LogP contribution is -2.14. The van der Waals surface area contributed by atoms with Crippen LogP contribution in [0.2, 0.25) is 5.02 Å². The van der Waals surface area contributed by atoms with Gasteiger partial charge >= 0.3 is 0 Å². The van der Waals surface area contributed by atoms with Gasteiger partial charge in [-0.05, 0) is 49.2 Å². The molecule has 0 atom stereocenters. The molecule has 0 aliphatic carbocycles. The molecule has 0 radical (unpaired) electrons. The maximum atomic E-state index is 12.2. The molecule has 0 aliphatic rings. The molecule has 1 aromatic heterocycles. The van der Waals surface area contributed by atoms with Crippen LogP contribution in [0.3, 0.4) is 0 Å². The van der Waals surface area contributed by atoms with Crippen molar-refractivity contribution in [2.24, 2.45) is 0 Å². The van der Waals surface area contributed by atoms with E-state index in [4.69, 9.17) is 16.0 Å². The number of benzene rings is 2. The van der Waals surface area contributed by atoms with Crippen molar-refractivity contribution >= 4 is 34.2 Å². The number of fused-ring (bicyclic) bond motifs is 1. The monoisotopic (exact) mass is 313 g/mol. The number of halogens is 1. The zero-order valence-electron chi connectivity index (χ0n) is 12.4. The smallest absolute Gasteiger partial charge is 0.228 e. The molecular weight excluding hydrogens is 298 g/mol. The lowest BCUT2D eigenvalue weighted by atomic mass is 10.1. The van der Waals surface area contributed by atoms with Gasteiger partial charge in [0, 0.05) is 21.7 Å². The zero-order chi connectivity index (χ0) is 15.7. The molecule has 0 spiro atoms. The van der Waals surface area contributed by atoms with Crippen LogP contribution >= 0.6 is 11.6 Å². The number of amides is 1. The van der Waals surface area contributed by atoms with Crippen LogP contribution in [-0.2, 0) is 11.2 Å². The number of furan rings is 1. The number of aryl methyl sites for hydroxylation is 2. The first-order valence-corrected chi connectivity index (χ1v) is 7.43. The lowest BCUT2D eigenvalue weighted by Gasteiger charge is -2.08. The Morgan fingerprint density at radius 1 is 1.18 bits per heavy atom. The third kappa shape index (κ3) is 3.00. The summed E-state index contributed by atoms with van der Waals surface area (Å²) < 4.78 is 5.52. The second-order valence-corrected chi connectivity index (χ2v) is 5.88. The molecule has 1 heterocycles. The van der Waals surface area contributed by atoms with Crippen molar-refractivity contribution in [1.29, 1.82) is 0 Å². The number of anilines is 1. The standard InChI is InChI=1S/C18H16ClNO2/c1-11-3-5-15-13(10-22-17(15)7-11)9-18(21)20-16-6-4-14(19)8-12(16)2/h3-8,10H,9H2,1-2H3,(H,20,21). The van der Waals surface area contributed by atoms with Crippen LogP contribution in [-0.4, -0.2) is 5.91 Å². The second kappa shape index (κ2) is 5.85. The van der Waals surface area contributed by atoms with E-state index >= 15 is 0 Å². The minimum atomic E-state index is -0.0753. The van der Waals surface area contributed by atoms with Crippen LogP contribution in [0, 0.1) is 13.8 Å². The molecule has 4 heteroatoms. The molecule has 3 nitrogen and oxygen atoms in total. The van der Waals surface area contributed by atoms with Crippen LogP contribution < -0.4 is 5.32 Å². The fraction of sp³-hybridized carbons (Fsp3) is 0.167. The van der Waals surface area contributed by atoms with Gasteiger partial charge in [-0.25, -0.2) is 0 Å². The second-order valence-electron chi connectivity index (χ2n) is 5.44. The van der Waals surface area contributed by atoms with Gasteiger partial charge in [0.1, 0.15) is 5.58 Å². The summed E-state index contributed by atoms with van der Waals surface area (Å²) >= 11 is 5.92. The molecule has 0 fully saturated rings. The van der Waals surface area contributed by atoms with Crippen molar-refractivity contribution in [3.05, 3.63) is 64.4 Å². The van der Waals surface area contributed by atoms with Crippen molar-refractivity contribution < 1.29 is 9.21 Å². The molecule has 112 valence electrons. The maximum absolute atomic E-state index is 12.2. The average molecular weight is 314 g/mol. The molecule has 0 saturated carbocycles. The molecule has 1 N–H and O–H groups in total. The third-order valence-corrected chi connectivity index (χ3v) is 3.86. The summed E-state index contributed by atoms with van der Waals surface area (Å²) in [5.41, 5.74) is 4.55. The van der Waals surface area contributed by atoms with E-state index in [0.717, 1.165) is 33.3 Å². The Balaban J connectivity index is 1.78. The Labute approximate surface area is 133 Å². The van der Waals surface area contributed by atoms with Gasteiger partial charge in [-0.2, -0.15) is 0 Å². The Kier molecular flexibility index (Phi) is 3.90. The first-order valence-electron chi connectivity index (χ1n) is 7.05. The highest BCUT2D eigenvalue weighted by Gasteiger charge is 2.11.